The molecule has 0 rings (SSSR count). The third-order valence-corrected chi connectivity index (χ3v) is 1.20. The monoisotopic (exact) mass is 127 g/mol. The zero-order chi connectivity index (χ0) is 5.86. The Labute approximate surface area is 78.5 Å². The van der Waals surface area contributed by atoms with Crippen molar-refractivity contribution in [2.75, 3.05) is 20.6 Å². The summed E-state index contributed by atoms with van der Waals surface area (Å²) in [6.07, 6.45) is 0. The molecule has 0 aromatic rings. The molecule has 0 saturated heterocycles. The zero-order valence-corrected chi connectivity index (χ0v) is 8.30. The van der Waals surface area contributed by atoms with E-state index in [1.807, 2.05) is 19.0 Å². The van der Waals surface area contributed by atoms with Crippen molar-refractivity contribution in [3.05, 3.63) is 0 Å². The summed E-state index contributed by atoms with van der Waals surface area (Å²) < 4.78 is -0.0116. The zero-order valence-electron chi connectivity index (χ0n) is 5.18. The van der Waals surface area contributed by atoms with Crippen LogP contribution in [0.25, 0.3) is 0 Å². The van der Waals surface area contributed by atoms with Crippen molar-refractivity contribution in [1.29, 1.82) is 0 Å². The first-order chi connectivity index (χ1) is 3.13. The van der Waals surface area contributed by atoms with Crippen molar-refractivity contribution in [2.45, 2.75) is 0.199 Å². The van der Waals surface area contributed by atoms with Gasteiger partial charge < -0.3 is 0 Å². The maximum atomic E-state index is 8.76. The molecule has 0 saturated carbocycles. The van der Waals surface area contributed by atoms with E-state index in [0.29, 0.717) is 49.0 Å². The molecule has 0 fully saturated rings. The predicted octanol–water partition coefficient (Wildman–Crippen LogP) is -0.965. The van der Waals surface area contributed by atoms with Gasteiger partial charge in [0.15, 0.2) is 0 Å². The molecule has 0 bridgehead atoms. The number of likely N-dealkylation sites (N-methyl/N-ethyl adjacent to an activating group) is 1. The van der Waals surface area contributed by atoms with Crippen LogP contribution in [0.1, 0.15) is 0 Å². The molecule has 0 spiro atoms. The second-order valence-electron chi connectivity index (χ2n) is 2.11. The molecule has 2 nitrogen and oxygen atoms in total. The number of aliphatic hydroxyl groups excluding tert-OH is 1. The number of nitrogens with zero attached hydrogens (tertiary/aromatic N) is 1. The fourth-order valence-electron chi connectivity index (χ4n) is 0.528. The number of hydrogen-bond donors (Lipinski definition) is 1. The summed E-state index contributed by atoms with van der Waals surface area (Å²) in [6, 6.07) is 0. The minimum absolute atomic E-state index is 0.0116. The normalized spacial score (nSPS) is 15.1. The van der Waals surface area contributed by atoms with E-state index in [4.69, 9.17) is 5.11 Å². The van der Waals surface area contributed by atoms with E-state index >= 15 is 0 Å². The summed E-state index contributed by atoms with van der Waals surface area (Å²) in [4.78, 5) is 2.00. The molecule has 0 aliphatic carbocycles. The molecule has 0 aromatic heterocycles. The van der Waals surface area contributed by atoms with E-state index in [9.17, 15) is 0 Å². The Morgan fingerprint density at radius 2 is 2.14 bits per heavy atom. The molecule has 38 valence electrons. The van der Waals surface area contributed by atoms with Crippen LogP contribution in [-0.4, -0.2) is 79.8 Å². The van der Waals surface area contributed by atoms with E-state index in [1.54, 1.807) is 0 Å². The molecule has 7 heavy (non-hydrogen) atoms. The van der Waals surface area contributed by atoms with E-state index in [0.717, 1.165) is 6.54 Å². The summed E-state index contributed by atoms with van der Waals surface area (Å²) in [5.41, 5.74) is 0. The van der Waals surface area contributed by atoms with Crippen LogP contribution >= 0.6 is 0 Å². The van der Waals surface area contributed by atoms with Gasteiger partial charge in [-0.3, -0.25) is 0 Å². The average Bonchev–Trinajstić information content (AvgIpc) is 1.27. The topological polar surface area (TPSA) is 23.5 Å². The summed E-state index contributed by atoms with van der Waals surface area (Å²) in [6.45, 7) is 0.833. The van der Waals surface area contributed by atoms with Gasteiger partial charge in [-0.2, -0.15) is 0 Å². The van der Waals surface area contributed by atoms with E-state index in [1.165, 1.54) is 0 Å². The first-order valence-electron chi connectivity index (χ1n) is 2.45. The molecule has 3 heteroatoms. The maximum absolute atomic E-state index is 8.76. The average molecular weight is 127 g/mol. The number of aliphatic hydroxyl groups is 1. The summed E-state index contributed by atoms with van der Waals surface area (Å²) in [5.74, 6) is 0. The van der Waals surface area contributed by atoms with Gasteiger partial charge in [0.05, 0.1) is 0 Å². The van der Waals surface area contributed by atoms with Crippen LogP contribution in [0.4, 0.5) is 0 Å². The van der Waals surface area contributed by atoms with Crippen LogP contribution in [0.2, 0.25) is 0 Å². The van der Waals surface area contributed by atoms with Crippen molar-refractivity contribution in [2.24, 2.45) is 0 Å². The van der Waals surface area contributed by atoms with Crippen LogP contribution in [0.15, 0.2) is 0 Å². The van der Waals surface area contributed by atoms with E-state index < -0.39 is 0 Å². The number of rotatable bonds is 2. The molecule has 0 aliphatic rings. The van der Waals surface area contributed by atoms with Crippen molar-refractivity contribution in [3.63, 3.8) is 0 Å². The van der Waals surface area contributed by atoms with Crippen LogP contribution < -0.4 is 0 Å². The Kier molecular flexibility index (Phi) is 5.42. The first-order valence-corrected chi connectivity index (χ1v) is 4.26. The Morgan fingerprint density at radius 3 is 2.14 bits per heavy atom. The van der Waals surface area contributed by atoms with Crippen molar-refractivity contribution >= 4 is 49.0 Å². The van der Waals surface area contributed by atoms with Gasteiger partial charge in [0.1, 0.15) is 0 Å². The Balaban J connectivity index is 2.95. The third-order valence-electron chi connectivity index (χ3n) is 0.629. The molecule has 0 heterocycles. The van der Waals surface area contributed by atoms with Gasteiger partial charge in [0.2, 0.25) is 0 Å². The molecule has 0 aromatic carbocycles. The molecule has 1 unspecified atom stereocenters. The summed E-state index contributed by atoms with van der Waals surface area (Å²) >= 11 is 0.567. The molecule has 0 radical (unpaired) electrons. The summed E-state index contributed by atoms with van der Waals surface area (Å²) in [5, 5.41) is 8.76. The molecule has 1 atom stereocenters. The fraction of sp³-hybridized carbons (Fsp3) is 1.00. The molecule has 0 aliphatic heterocycles. The van der Waals surface area contributed by atoms with Crippen LogP contribution in [-0.2, 0) is 0 Å². The molecule has 1 N–H and O–H groups in total. The predicted molar refractivity (Wildman–Crippen MR) is 30.3 cm³/mol. The van der Waals surface area contributed by atoms with Crippen LogP contribution in [0, 0.1) is 0 Å². The van der Waals surface area contributed by atoms with Crippen molar-refractivity contribution in [1.82, 2.24) is 4.90 Å². The van der Waals surface area contributed by atoms with Gasteiger partial charge in [0.25, 0.3) is 0 Å². The van der Waals surface area contributed by atoms with Gasteiger partial charge in [-0.25, -0.2) is 0 Å². The summed E-state index contributed by atoms with van der Waals surface area (Å²) in [7, 11) is 3.93. The van der Waals surface area contributed by atoms with Gasteiger partial charge in [-0.05, 0) is 0 Å². The van der Waals surface area contributed by atoms with Crippen molar-refractivity contribution in [3.8, 4) is 0 Å². The van der Waals surface area contributed by atoms with Gasteiger partial charge in [-0.1, -0.05) is 0 Å². The number of hydrogen-bond acceptors (Lipinski definition) is 2. The molecular weight excluding hydrogens is 117 g/mol. The van der Waals surface area contributed by atoms with Crippen LogP contribution in [0.5, 0.6) is 0 Å². The Morgan fingerprint density at radius 1 is 1.71 bits per heavy atom. The van der Waals surface area contributed by atoms with E-state index in [2.05, 4.69) is 0 Å². The minimum atomic E-state index is -0.0116. The molecular formula is C4H10KNO. The second kappa shape index (κ2) is 4.44. The van der Waals surface area contributed by atoms with Crippen molar-refractivity contribution < 1.29 is 5.11 Å². The molecule has 0 amide bonds. The van der Waals surface area contributed by atoms with Gasteiger partial charge in [-0.15, -0.1) is 0 Å². The van der Waals surface area contributed by atoms with Crippen LogP contribution in [0.3, 0.4) is 0 Å². The SMILES string of the molecule is CN(C)C[CH](O)[K]. The Bertz CT molecular complexity index is 41.0. The van der Waals surface area contributed by atoms with Gasteiger partial charge >= 0.3 is 79.8 Å². The second-order valence-corrected chi connectivity index (χ2v) is 4.19. The van der Waals surface area contributed by atoms with E-state index in [-0.39, 0.29) is 0.199 Å². The third kappa shape index (κ3) is 7.56. The Hall–Kier alpha value is 1.56. The van der Waals surface area contributed by atoms with Gasteiger partial charge in [0, 0.05) is 0 Å². The quantitative estimate of drug-likeness (QED) is 0.483. The first kappa shape index (κ1) is 8.56. The standard InChI is InChI=1S/C4H10NO.K/c1-5(2)3-4-6;/h4,6H,3H2,1-2H3;. The fourth-order valence-corrected chi connectivity index (χ4v) is 1.67.